The predicted octanol–water partition coefficient (Wildman–Crippen LogP) is 3.56. The van der Waals surface area contributed by atoms with Gasteiger partial charge in [0.15, 0.2) is 0 Å². The van der Waals surface area contributed by atoms with Crippen LogP contribution in [0, 0.1) is 5.92 Å². The monoisotopic (exact) mass is 211 g/mol. The van der Waals surface area contributed by atoms with Crippen molar-refractivity contribution in [2.75, 3.05) is 0 Å². The fourth-order valence-corrected chi connectivity index (χ4v) is 1.92. The van der Waals surface area contributed by atoms with Crippen LogP contribution in [-0.2, 0) is 5.54 Å². The van der Waals surface area contributed by atoms with E-state index in [0.717, 1.165) is 17.0 Å². The molecule has 0 radical (unpaired) electrons. The lowest BCUT2D eigenvalue weighted by Gasteiger charge is -2.27. The number of rotatable bonds is 3. The Labute approximate surface area is 91.3 Å². The van der Waals surface area contributed by atoms with Crippen LogP contribution < -0.4 is 5.73 Å². The molecule has 0 spiro atoms. The molecule has 1 rings (SSSR count). The van der Waals surface area contributed by atoms with Gasteiger partial charge in [0.25, 0.3) is 0 Å². The number of nitrogens with two attached hydrogens (primary N) is 1. The molecule has 1 atom stereocenters. The van der Waals surface area contributed by atoms with Gasteiger partial charge in [-0.2, -0.15) is 0 Å². The van der Waals surface area contributed by atoms with E-state index in [9.17, 15) is 0 Å². The molecule has 0 saturated carbocycles. The van der Waals surface area contributed by atoms with E-state index in [1.807, 2.05) is 24.3 Å². The molecule has 0 fully saturated rings. The zero-order chi connectivity index (χ0) is 10.8. The van der Waals surface area contributed by atoms with Gasteiger partial charge in [0.1, 0.15) is 0 Å². The molecular weight excluding hydrogens is 194 g/mol. The molecule has 0 heterocycles. The third kappa shape index (κ3) is 3.00. The lowest BCUT2D eigenvalue weighted by atomic mass is 9.85. The van der Waals surface area contributed by atoms with Gasteiger partial charge in [0, 0.05) is 10.6 Å². The molecule has 0 amide bonds. The number of hydrogen-bond donors (Lipinski definition) is 1. The molecule has 0 aromatic heterocycles. The number of halogens is 1. The maximum atomic E-state index is 6.25. The molecule has 0 aliphatic rings. The average Bonchev–Trinajstić information content (AvgIpc) is 2.02. The second kappa shape index (κ2) is 4.33. The summed E-state index contributed by atoms with van der Waals surface area (Å²) in [6, 6.07) is 7.79. The highest BCUT2D eigenvalue weighted by Crippen LogP contribution is 2.26. The van der Waals surface area contributed by atoms with E-state index in [-0.39, 0.29) is 5.54 Å². The van der Waals surface area contributed by atoms with Gasteiger partial charge in [-0.05, 0) is 37.0 Å². The van der Waals surface area contributed by atoms with Gasteiger partial charge in [-0.15, -0.1) is 0 Å². The summed E-state index contributed by atoms with van der Waals surface area (Å²) in [5.74, 6) is 0.598. The van der Waals surface area contributed by atoms with Gasteiger partial charge < -0.3 is 5.73 Å². The van der Waals surface area contributed by atoms with Crippen molar-refractivity contribution in [1.82, 2.24) is 0 Å². The van der Waals surface area contributed by atoms with Crippen molar-refractivity contribution in [2.45, 2.75) is 32.7 Å². The van der Waals surface area contributed by atoms with Crippen LogP contribution in [-0.4, -0.2) is 0 Å². The summed E-state index contributed by atoms with van der Waals surface area (Å²) in [4.78, 5) is 0. The van der Waals surface area contributed by atoms with Gasteiger partial charge in [-0.25, -0.2) is 0 Å². The molecule has 14 heavy (non-hydrogen) atoms. The quantitative estimate of drug-likeness (QED) is 0.813. The molecule has 2 N–H and O–H groups in total. The largest absolute Gasteiger partial charge is 0.322 e. The average molecular weight is 212 g/mol. The van der Waals surface area contributed by atoms with Crippen molar-refractivity contribution in [3.8, 4) is 0 Å². The predicted molar refractivity (Wildman–Crippen MR) is 62.4 cm³/mol. The van der Waals surface area contributed by atoms with Crippen molar-refractivity contribution in [3.63, 3.8) is 0 Å². The Balaban J connectivity index is 2.86. The summed E-state index contributed by atoms with van der Waals surface area (Å²) in [5.41, 5.74) is 7.14. The van der Waals surface area contributed by atoms with Gasteiger partial charge in [0.05, 0.1) is 0 Å². The highest BCUT2D eigenvalue weighted by Gasteiger charge is 2.21. The van der Waals surface area contributed by atoms with Crippen LogP contribution in [0.2, 0.25) is 5.02 Å². The molecular formula is C12H18ClN. The summed E-state index contributed by atoms with van der Waals surface area (Å²) in [7, 11) is 0. The Morgan fingerprint density at radius 2 is 1.79 bits per heavy atom. The van der Waals surface area contributed by atoms with E-state index in [2.05, 4.69) is 20.8 Å². The highest BCUT2D eigenvalue weighted by molar-refractivity contribution is 6.30. The topological polar surface area (TPSA) is 26.0 Å². The Hall–Kier alpha value is -0.530. The second-order valence-corrected chi connectivity index (χ2v) is 4.96. The first-order valence-electron chi connectivity index (χ1n) is 4.97. The summed E-state index contributed by atoms with van der Waals surface area (Å²) < 4.78 is 0. The van der Waals surface area contributed by atoms with Crippen molar-refractivity contribution >= 4 is 11.6 Å². The SMILES string of the molecule is CC(C)CC(C)(N)c1ccc(Cl)cc1. The van der Waals surface area contributed by atoms with Crippen LogP contribution >= 0.6 is 11.6 Å². The van der Waals surface area contributed by atoms with Crippen molar-refractivity contribution in [3.05, 3.63) is 34.9 Å². The number of benzene rings is 1. The van der Waals surface area contributed by atoms with Crippen LogP contribution in [0.1, 0.15) is 32.8 Å². The smallest absolute Gasteiger partial charge is 0.0406 e. The highest BCUT2D eigenvalue weighted by atomic mass is 35.5. The summed E-state index contributed by atoms with van der Waals surface area (Å²) in [6.45, 7) is 6.43. The zero-order valence-corrected chi connectivity index (χ0v) is 9.81. The van der Waals surface area contributed by atoms with E-state index in [1.54, 1.807) is 0 Å². The van der Waals surface area contributed by atoms with Gasteiger partial charge in [0.2, 0.25) is 0 Å². The van der Waals surface area contributed by atoms with Crippen molar-refractivity contribution in [2.24, 2.45) is 11.7 Å². The third-order valence-corrected chi connectivity index (χ3v) is 2.59. The van der Waals surface area contributed by atoms with E-state index >= 15 is 0 Å². The number of hydrogen-bond acceptors (Lipinski definition) is 1. The van der Waals surface area contributed by atoms with Crippen LogP contribution in [0.15, 0.2) is 24.3 Å². The summed E-state index contributed by atoms with van der Waals surface area (Å²) in [6.07, 6.45) is 0.981. The molecule has 0 bridgehead atoms. The Kier molecular flexibility index (Phi) is 3.57. The first-order valence-corrected chi connectivity index (χ1v) is 5.34. The fraction of sp³-hybridized carbons (Fsp3) is 0.500. The lowest BCUT2D eigenvalue weighted by molar-refractivity contribution is 0.380. The molecule has 0 aliphatic heterocycles. The Bertz CT molecular complexity index is 288. The maximum Gasteiger partial charge on any atom is 0.0406 e. The molecule has 78 valence electrons. The molecule has 1 aromatic carbocycles. The minimum Gasteiger partial charge on any atom is -0.322 e. The van der Waals surface area contributed by atoms with Gasteiger partial charge >= 0.3 is 0 Å². The van der Waals surface area contributed by atoms with Crippen LogP contribution in [0.25, 0.3) is 0 Å². The normalized spacial score (nSPS) is 15.6. The maximum absolute atomic E-state index is 6.25. The first-order chi connectivity index (χ1) is 6.42. The lowest BCUT2D eigenvalue weighted by Crippen LogP contribution is -2.34. The molecule has 1 unspecified atom stereocenters. The summed E-state index contributed by atoms with van der Waals surface area (Å²) >= 11 is 5.83. The van der Waals surface area contributed by atoms with E-state index < -0.39 is 0 Å². The molecule has 0 saturated heterocycles. The first kappa shape index (κ1) is 11.5. The van der Waals surface area contributed by atoms with E-state index in [0.29, 0.717) is 5.92 Å². The van der Waals surface area contributed by atoms with Gasteiger partial charge in [-0.3, -0.25) is 0 Å². The van der Waals surface area contributed by atoms with Crippen molar-refractivity contribution in [1.29, 1.82) is 0 Å². The fourth-order valence-electron chi connectivity index (χ4n) is 1.80. The zero-order valence-electron chi connectivity index (χ0n) is 9.05. The standard InChI is InChI=1S/C12H18ClN/c1-9(2)8-12(3,14)10-4-6-11(13)7-5-10/h4-7,9H,8,14H2,1-3H3. The Morgan fingerprint density at radius 1 is 1.29 bits per heavy atom. The van der Waals surface area contributed by atoms with E-state index in [4.69, 9.17) is 17.3 Å². The molecule has 0 aliphatic carbocycles. The third-order valence-electron chi connectivity index (χ3n) is 2.34. The second-order valence-electron chi connectivity index (χ2n) is 4.52. The minimum absolute atomic E-state index is 0.251. The van der Waals surface area contributed by atoms with E-state index in [1.165, 1.54) is 0 Å². The summed E-state index contributed by atoms with van der Waals surface area (Å²) in [5, 5.41) is 0.758. The van der Waals surface area contributed by atoms with Crippen LogP contribution in [0.4, 0.5) is 0 Å². The van der Waals surface area contributed by atoms with Crippen molar-refractivity contribution < 1.29 is 0 Å². The molecule has 1 nitrogen and oxygen atoms in total. The van der Waals surface area contributed by atoms with Gasteiger partial charge in [-0.1, -0.05) is 37.6 Å². The van der Waals surface area contributed by atoms with Crippen LogP contribution in [0.3, 0.4) is 0 Å². The molecule has 2 heteroatoms. The van der Waals surface area contributed by atoms with Crippen LogP contribution in [0.5, 0.6) is 0 Å². The Morgan fingerprint density at radius 3 is 2.21 bits per heavy atom. The molecule has 1 aromatic rings. The minimum atomic E-state index is -0.251.